The Balaban J connectivity index is 1.36. The van der Waals surface area contributed by atoms with Crippen molar-refractivity contribution in [3.05, 3.63) is 53.6 Å². The average molecular weight is 444 g/mol. The second kappa shape index (κ2) is 8.59. The molecule has 0 atom stereocenters. The molecule has 5 nitrogen and oxygen atoms in total. The highest BCUT2D eigenvalue weighted by Gasteiger charge is 2.55. The van der Waals surface area contributed by atoms with Crippen molar-refractivity contribution in [2.75, 3.05) is 14.2 Å². The molecule has 4 aliphatic rings. The van der Waals surface area contributed by atoms with Crippen LogP contribution >= 0.6 is 0 Å². The first-order valence-electron chi connectivity index (χ1n) is 11.7. The SMILES string of the molecule is COc1ccc(/C(C#N)=C\c2ccc(OC(=O)C34CC5CC(CC(C5)C3)C4)c(OC)c2)cc1. The monoisotopic (exact) mass is 443 g/mol. The van der Waals surface area contributed by atoms with Gasteiger partial charge in [0.05, 0.1) is 31.3 Å². The molecule has 2 aromatic rings. The summed E-state index contributed by atoms with van der Waals surface area (Å²) in [6, 6.07) is 15.1. The Kier molecular flexibility index (Phi) is 5.62. The molecule has 0 heterocycles. The van der Waals surface area contributed by atoms with Crippen molar-refractivity contribution in [1.82, 2.24) is 0 Å². The van der Waals surface area contributed by atoms with Crippen molar-refractivity contribution in [3.8, 4) is 23.3 Å². The zero-order valence-corrected chi connectivity index (χ0v) is 19.2. The fourth-order valence-corrected chi connectivity index (χ4v) is 6.54. The van der Waals surface area contributed by atoms with Gasteiger partial charge in [-0.05, 0) is 110 Å². The zero-order valence-electron chi connectivity index (χ0n) is 19.2. The molecule has 0 saturated heterocycles. The normalized spacial score (nSPS) is 27.7. The number of hydrogen-bond donors (Lipinski definition) is 0. The third-order valence-corrected chi connectivity index (χ3v) is 7.69. The number of benzene rings is 2. The predicted molar refractivity (Wildman–Crippen MR) is 126 cm³/mol. The molecule has 0 aromatic heterocycles. The second-order valence-electron chi connectivity index (χ2n) is 9.90. The van der Waals surface area contributed by atoms with Gasteiger partial charge in [-0.15, -0.1) is 0 Å². The van der Waals surface area contributed by atoms with Crippen LogP contribution in [0.1, 0.15) is 49.7 Å². The van der Waals surface area contributed by atoms with Crippen LogP contribution in [-0.2, 0) is 4.79 Å². The molecule has 2 aromatic carbocycles. The van der Waals surface area contributed by atoms with Crippen LogP contribution in [-0.4, -0.2) is 20.2 Å². The maximum atomic E-state index is 13.3. The Bertz CT molecular complexity index is 1090. The number of methoxy groups -OCH3 is 2. The maximum absolute atomic E-state index is 13.3. The van der Waals surface area contributed by atoms with Gasteiger partial charge < -0.3 is 14.2 Å². The minimum atomic E-state index is -0.319. The summed E-state index contributed by atoms with van der Waals surface area (Å²) in [4.78, 5) is 13.3. The topological polar surface area (TPSA) is 68.5 Å². The molecule has 4 saturated carbocycles. The van der Waals surface area contributed by atoms with Crippen molar-refractivity contribution in [2.45, 2.75) is 38.5 Å². The number of nitrogens with zero attached hydrogens (tertiary/aromatic N) is 1. The number of rotatable bonds is 6. The quantitative estimate of drug-likeness (QED) is 0.241. The van der Waals surface area contributed by atoms with E-state index < -0.39 is 0 Å². The number of carbonyl (C=O) groups is 1. The van der Waals surface area contributed by atoms with Gasteiger partial charge >= 0.3 is 5.97 Å². The van der Waals surface area contributed by atoms with E-state index in [1.807, 2.05) is 36.4 Å². The van der Waals surface area contributed by atoms with Gasteiger partial charge in [0.1, 0.15) is 5.75 Å². The lowest BCUT2D eigenvalue weighted by Gasteiger charge is -2.55. The lowest BCUT2D eigenvalue weighted by molar-refractivity contribution is -0.161. The van der Waals surface area contributed by atoms with Gasteiger partial charge in [-0.25, -0.2) is 0 Å². The fourth-order valence-electron chi connectivity index (χ4n) is 6.54. The summed E-state index contributed by atoms with van der Waals surface area (Å²) < 4.78 is 16.7. The molecule has 4 bridgehead atoms. The van der Waals surface area contributed by atoms with E-state index in [9.17, 15) is 10.1 Å². The van der Waals surface area contributed by atoms with Gasteiger partial charge in [0.15, 0.2) is 11.5 Å². The van der Waals surface area contributed by atoms with Crippen molar-refractivity contribution >= 4 is 17.6 Å². The van der Waals surface area contributed by atoms with Crippen LogP contribution in [0, 0.1) is 34.5 Å². The summed E-state index contributed by atoms with van der Waals surface area (Å²) in [5.41, 5.74) is 1.81. The van der Waals surface area contributed by atoms with E-state index >= 15 is 0 Å². The van der Waals surface area contributed by atoms with Crippen LogP contribution in [0.2, 0.25) is 0 Å². The number of esters is 1. The lowest BCUT2D eigenvalue weighted by atomic mass is 9.49. The first kappa shape index (κ1) is 21.6. The highest BCUT2D eigenvalue weighted by Crippen LogP contribution is 2.60. The van der Waals surface area contributed by atoms with E-state index in [1.165, 1.54) is 19.3 Å². The molecular formula is C28H29NO4. The van der Waals surface area contributed by atoms with Crippen molar-refractivity contribution in [3.63, 3.8) is 0 Å². The Morgan fingerprint density at radius 2 is 1.58 bits per heavy atom. The van der Waals surface area contributed by atoms with Crippen LogP contribution in [0.5, 0.6) is 17.2 Å². The van der Waals surface area contributed by atoms with Crippen LogP contribution < -0.4 is 14.2 Å². The lowest BCUT2D eigenvalue weighted by Crippen LogP contribution is -2.51. The Morgan fingerprint density at radius 1 is 0.939 bits per heavy atom. The number of hydrogen-bond acceptors (Lipinski definition) is 5. The van der Waals surface area contributed by atoms with Gasteiger partial charge in [-0.2, -0.15) is 5.26 Å². The summed E-state index contributed by atoms with van der Waals surface area (Å²) in [6.07, 6.45) is 8.55. The third kappa shape index (κ3) is 4.11. The molecule has 5 heteroatoms. The van der Waals surface area contributed by atoms with Gasteiger partial charge in [0, 0.05) is 0 Å². The van der Waals surface area contributed by atoms with Crippen LogP contribution in [0.4, 0.5) is 0 Å². The molecule has 0 aliphatic heterocycles. The molecule has 6 rings (SSSR count). The predicted octanol–water partition coefficient (Wildman–Crippen LogP) is 5.89. The summed E-state index contributed by atoms with van der Waals surface area (Å²) in [5, 5.41) is 9.67. The Hall–Kier alpha value is -3.26. The van der Waals surface area contributed by atoms with Crippen molar-refractivity contribution in [1.29, 1.82) is 5.26 Å². The number of carbonyl (C=O) groups excluding carboxylic acids is 1. The van der Waals surface area contributed by atoms with Gasteiger partial charge in [0.2, 0.25) is 0 Å². The van der Waals surface area contributed by atoms with E-state index in [-0.39, 0.29) is 11.4 Å². The van der Waals surface area contributed by atoms with E-state index in [1.54, 1.807) is 26.4 Å². The molecule has 0 N–H and O–H groups in total. The first-order valence-corrected chi connectivity index (χ1v) is 11.7. The van der Waals surface area contributed by atoms with Gasteiger partial charge in [-0.3, -0.25) is 4.79 Å². The summed E-state index contributed by atoms with van der Waals surface area (Å²) >= 11 is 0. The summed E-state index contributed by atoms with van der Waals surface area (Å²) in [7, 11) is 3.18. The van der Waals surface area contributed by atoms with Crippen LogP contribution in [0.25, 0.3) is 11.6 Å². The van der Waals surface area contributed by atoms with Crippen molar-refractivity contribution < 1.29 is 19.0 Å². The van der Waals surface area contributed by atoms with Gasteiger partial charge in [0.25, 0.3) is 0 Å². The first-order chi connectivity index (χ1) is 16.0. The van der Waals surface area contributed by atoms with E-state index in [2.05, 4.69) is 6.07 Å². The largest absolute Gasteiger partial charge is 0.497 e. The van der Waals surface area contributed by atoms with Crippen LogP contribution in [0.15, 0.2) is 42.5 Å². The molecule has 0 spiro atoms. The maximum Gasteiger partial charge on any atom is 0.317 e. The molecule has 0 radical (unpaired) electrons. The Morgan fingerprint density at radius 3 is 2.12 bits per heavy atom. The minimum Gasteiger partial charge on any atom is -0.497 e. The summed E-state index contributed by atoms with van der Waals surface area (Å²) in [5.74, 6) is 3.62. The molecule has 4 aliphatic carbocycles. The van der Waals surface area contributed by atoms with E-state index in [0.29, 0.717) is 34.8 Å². The molecule has 4 fully saturated rings. The van der Waals surface area contributed by atoms with Crippen LogP contribution in [0.3, 0.4) is 0 Å². The number of nitriles is 1. The standard InChI is InChI=1S/C28H29NO4/c1-31-24-6-4-22(5-7-24)23(17-29)12-18-3-8-25(26(13-18)32-2)33-27(30)28-14-19-9-20(15-28)11-21(10-19)16-28/h3-8,12-13,19-21H,9-11,14-16H2,1-2H3/b23-12-. The zero-order chi connectivity index (χ0) is 23.0. The van der Waals surface area contributed by atoms with Gasteiger partial charge in [-0.1, -0.05) is 6.07 Å². The number of allylic oxidation sites excluding steroid dienone is 1. The van der Waals surface area contributed by atoms with Crippen molar-refractivity contribution in [2.24, 2.45) is 23.2 Å². The number of ether oxygens (including phenoxy) is 3. The smallest absolute Gasteiger partial charge is 0.317 e. The molecular weight excluding hydrogens is 414 g/mol. The molecule has 170 valence electrons. The highest BCUT2D eigenvalue weighted by molar-refractivity contribution is 5.90. The molecule has 33 heavy (non-hydrogen) atoms. The average Bonchev–Trinajstić information content (AvgIpc) is 2.82. The van der Waals surface area contributed by atoms with E-state index in [4.69, 9.17) is 14.2 Å². The second-order valence-corrected chi connectivity index (χ2v) is 9.90. The fraction of sp³-hybridized carbons (Fsp3) is 0.429. The molecule has 0 unspecified atom stereocenters. The molecule has 0 amide bonds. The minimum absolute atomic E-state index is 0.0980. The summed E-state index contributed by atoms with van der Waals surface area (Å²) in [6.45, 7) is 0. The third-order valence-electron chi connectivity index (χ3n) is 7.69. The Labute approximate surface area is 195 Å². The van der Waals surface area contributed by atoms with E-state index in [0.717, 1.165) is 36.1 Å². The highest BCUT2D eigenvalue weighted by atomic mass is 16.6.